The van der Waals surface area contributed by atoms with Gasteiger partial charge >= 0.3 is 0 Å². The number of hydrogen-bond acceptors (Lipinski definition) is 2. The van der Waals surface area contributed by atoms with Crippen molar-refractivity contribution in [2.24, 2.45) is 5.92 Å². The number of rotatable bonds is 4. The molecule has 0 saturated heterocycles. The lowest BCUT2D eigenvalue weighted by molar-refractivity contribution is 0.539. The van der Waals surface area contributed by atoms with E-state index in [1.165, 1.54) is 0 Å². The first-order valence-corrected chi connectivity index (χ1v) is 4.18. The molecule has 3 nitrogen and oxygen atoms in total. The molecule has 0 radical (unpaired) electrons. The first-order chi connectivity index (χ1) is 4.13. The molecule has 0 heterocycles. The quantitative estimate of drug-likeness (QED) is 0.572. The Morgan fingerprint density at radius 3 is 2.56 bits per heavy atom. The van der Waals surface area contributed by atoms with Gasteiger partial charge in [0.05, 0.1) is 5.88 Å². The summed E-state index contributed by atoms with van der Waals surface area (Å²) in [4.78, 5) is 0. The standard InChI is InChI=1S/C5H13NO2S/c1-5(2)3-6-4-9(7)8/h5-6H,3-4H2,1-2H3,(H,7,8). The molecule has 0 spiro atoms. The molecule has 0 amide bonds. The molecule has 0 aliphatic carbocycles. The van der Waals surface area contributed by atoms with Gasteiger partial charge in [-0.25, -0.2) is 4.21 Å². The summed E-state index contributed by atoms with van der Waals surface area (Å²) in [6.45, 7) is 4.90. The van der Waals surface area contributed by atoms with E-state index < -0.39 is 11.1 Å². The predicted octanol–water partition coefficient (Wildman–Crippen LogP) is 0.411. The van der Waals surface area contributed by atoms with Gasteiger partial charge in [0, 0.05) is 0 Å². The van der Waals surface area contributed by atoms with Crippen molar-refractivity contribution in [2.75, 3.05) is 12.4 Å². The van der Waals surface area contributed by atoms with Crippen LogP contribution < -0.4 is 5.32 Å². The summed E-state index contributed by atoms with van der Waals surface area (Å²) in [7, 11) is 0. The molecule has 0 aromatic heterocycles. The molecule has 0 aromatic rings. The zero-order valence-corrected chi connectivity index (χ0v) is 6.57. The highest BCUT2D eigenvalue weighted by Crippen LogP contribution is 1.85. The topological polar surface area (TPSA) is 49.3 Å². The van der Waals surface area contributed by atoms with Crippen molar-refractivity contribution in [2.45, 2.75) is 13.8 Å². The molecule has 0 aliphatic heterocycles. The minimum absolute atomic E-state index is 0.179. The van der Waals surface area contributed by atoms with Crippen LogP contribution in [0.25, 0.3) is 0 Å². The van der Waals surface area contributed by atoms with Gasteiger partial charge < -0.3 is 9.87 Å². The van der Waals surface area contributed by atoms with Crippen molar-refractivity contribution in [3.63, 3.8) is 0 Å². The van der Waals surface area contributed by atoms with Crippen molar-refractivity contribution in [1.82, 2.24) is 5.32 Å². The van der Waals surface area contributed by atoms with Crippen molar-refractivity contribution < 1.29 is 8.76 Å². The lowest BCUT2D eigenvalue weighted by atomic mass is 10.2. The van der Waals surface area contributed by atoms with E-state index in [0.29, 0.717) is 5.92 Å². The van der Waals surface area contributed by atoms with Crippen LogP contribution in [0.2, 0.25) is 0 Å². The second kappa shape index (κ2) is 4.90. The Labute approximate surface area is 58.1 Å². The van der Waals surface area contributed by atoms with Crippen LogP contribution in [-0.2, 0) is 11.1 Å². The molecule has 0 aliphatic rings. The van der Waals surface area contributed by atoms with E-state index in [0.717, 1.165) is 6.54 Å². The van der Waals surface area contributed by atoms with Gasteiger partial charge in [-0.05, 0) is 12.5 Å². The van der Waals surface area contributed by atoms with Gasteiger partial charge in [0.25, 0.3) is 0 Å². The Hall–Kier alpha value is 0.0700. The monoisotopic (exact) mass is 151 g/mol. The molecule has 0 rings (SSSR count). The van der Waals surface area contributed by atoms with Crippen LogP contribution in [0.4, 0.5) is 0 Å². The van der Waals surface area contributed by atoms with Gasteiger partial charge in [0.2, 0.25) is 0 Å². The van der Waals surface area contributed by atoms with Gasteiger partial charge in [-0.15, -0.1) is 0 Å². The minimum atomic E-state index is -1.69. The first kappa shape index (κ1) is 9.07. The fraction of sp³-hybridized carbons (Fsp3) is 1.00. The molecule has 0 bridgehead atoms. The van der Waals surface area contributed by atoms with E-state index in [9.17, 15) is 4.21 Å². The lowest BCUT2D eigenvalue weighted by Crippen LogP contribution is -2.23. The molecule has 56 valence electrons. The second-order valence-electron chi connectivity index (χ2n) is 2.31. The summed E-state index contributed by atoms with van der Waals surface area (Å²) < 4.78 is 18.3. The van der Waals surface area contributed by atoms with E-state index in [4.69, 9.17) is 4.55 Å². The van der Waals surface area contributed by atoms with E-state index in [1.807, 2.05) is 13.8 Å². The minimum Gasteiger partial charge on any atom is -0.305 e. The Morgan fingerprint density at radius 2 is 2.22 bits per heavy atom. The first-order valence-electron chi connectivity index (χ1n) is 2.91. The molecular formula is C5H13NO2S. The van der Waals surface area contributed by atoms with Gasteiger partial charge in [-0.2, -0.15) is 0 Å². The smallest absolute Gasteiger partial charge is 0.167 e. The van der Waals surface area contributed by atoms with Crippen LogP contribution in [0.5, 0.6) is 0 Å². The molecule has 0 aromatic carbocycles. The Morgan fingerprint density at radius 1 is 1.67 bits per heavy atom. The van der Waals surface area contributed by atoms with Gasteiger partial charge in [-0.1, -0.05) is 13.8 Å². The van der Waals surface area contributed by atoms with Crippen LogP contribution in [0.1, 0.15) is 13.8 Å². The van der Waals surface area contributed by atoms with Crippen LogP contribution >= 0.6 is 0 Å². The third-order valence-electron chi connectivity index (χ3n) is 0.778. The maximum Gasteiger partial charge on any atom is 0.167 e. The maximum absolute atomic E-state index is 10.0. The van der Waals surface area contributed by atoms with Crippen LogP contribution in [-0.4, -0.2) is 21.2 Å². The van der Waals surface area contributed by atoms with Gasteiger partial charge in [0.15, 0.2) is 11.1 Å². The maximum atomic E-state index is 10.0. The zero-order chi connectivity index (χ0) is 7.28. The van der Waals surface area contributed by atoms with Crippen molar-refractivity contribution in [3.05, 3.63) is 0 Å². The van der Waals surface area contributed by atoms with Crippen LogP contribution in [0.15, 0.2) is 0 Å². The van der Waals surface area contributed by atoms with Crippen LogP contribution in [0, 0.1) is 5.92 Å². The highest BCUT2D eigenvalue weighted by Gasteiger charge is 1.93. The normalized spacial score (nSPS) is 14.2. The Bertz CT molecular complexity index is 95.0. The molecule has 1 atom stereocenters. The summed E-state index contributed by atoms with van der Waals surface area (Å²) >= 11 is -1.69. The lowest BCUT2D eigenvalue weighted by Gasteiger charge is -2.03. The fourth-order valence-electron chi connectivity index (χ4n) is 0.435. The summed E-state index contributed by atoms with van der Waals surface area (Å²) in [5.74, 6) is 0.714. The largest absolute Gasteiger partial charge is 0.305 e. The molecule has 1 unspecified atom stereocenters. The summed E-state index contributed by atoms with van der Waals surface area (Å²) in [5, 5.41) is 2.83. The van der Waals surface area contributed by atoms with Crippen molar-refractivity contribution in [1.29, 1.82) is 0 Å². The van der Waals surface area contributed by atoms with E-state index in [1.54, 1.807) is 0 Å². The molecule has 4 heteroatoms. The Kier molecular flexibility index (Phi) is 4.94. The molecule has 0 saturated carbocycles. The van der Waals surface area contributed by atoms with Crippen molar-refractivity contribution >= 4 is 11.1 Å². The van der Waals surface area contributed by atoms with E-state index in [2.05, 4.69) is 5.32 Å². The van der Waals surface area contributed by atoms with E-state index in [-0.39, 0.29) is 5.88 Å². The van der Waals surface area contributed by atoms with Gasteiger partial charge in [-0.3, -0.25) is 0 Å². The molecule has 0 fully saturated rings. The summed E-state index contributed by atoms with van der Waals surface area (Å²) in [5.41, 5.74) is 0. The molecular weight excluding hydrogens is 138 g/mol. The number of nitrogens with one attached hydrogen (secondary N) is 1. The zero-order valence-electron chi connectivity index (χ0n) is 5.76. The van der Waals surface area contributed by atoms with Crippen molar-refractivity contribution in [3.8, 4) is 0 Å². The molecule has 9 heavy (non-hydrogen) atoms. The highest BCUT2D eigenvalue weighted by atomic mass is 32.2. The average molecular weight is 151 g/mol. The SMILES string of the molecule is CC(C)CNCS(=O)O. The third kappa shape index (κ3) is 8.07. The number of hydrogen-bond donors (Lipinski definition) is 2. The second-order valence-corrected chi connectivity index (χ2v) is 3.25. The fourth-order valence-corrected chi connectivity index (χ4v) is 0.727. The third-order valence-corrected chi connectivity index (χ3v) is 1.23. The average Bonchev–Trinajstić information content (AvgIpc) is 1.63. The molecule has 2 N–H and O–H groups in total. The summed E-state index contributed by atoms with van der Waals surface area (Å²) in [6, 6.07) is 0. The Balaban J connectivity index is 3.01. The highest BCUT2D eigenvalue weighted by molar-refractivity contribution is 7.79. The van der Waals surface area contributed by atoms with E-state index >= 15 is 0 Å². The van der Waals surface area contributed by atoms with Gasteiger partial charge in [0.1, 0.15) is 0 Å². The summed E-state index contributed by atoms with van der Waals surface area (Å²) in [6.07, 6.45) is 0. The predicted molar refractivity (Wildman–Crippen MR) is 38.5 cm³/mol. The van der Waals surface area contributed by atoms with Crippen LogP contribution in [0.3, 0.4) is 0 Å².